The maximum atomic E-state index is 12.8. The number of carbonyl (C=O) groups is 2. The number of amides is 2. The number of fused-ring (bicyclic) bond motifs is 1. The Hall–Kier alpha value is -3.64. The number of nitriles is 1. The molecule has 5 rings (SSSR count). The van der Waals surface area contributed by atoms with Gasteiger partial charge in [-0.2, -0.15) is 5.26 Å². The van der Waals surface area contributed by atoms with E-state index in [-0.39, 0.29) is 17.9 Å². The number of hydrogen-bond acceptors (Lipinski definition) is 6. The SMILES string of the molecule is C[C@@]1(C#N)COCc2ccc(C(=O)NCc3cc(N4CCC5(CN(C(=O)O)C5)C4)ccn3)cc21. The van der Waals surface area contributed by atoms with E-state index in [0.717, 1.165) is 42.0 Å². The van der Waals surface area contributed by atoms with Crippen LogP contribution in [0.15, 0.2) is 36.5 Å². The van der Waals surface area contributed by atoms with Crippen molar-refractivity contribution in [1.82, 2.24) is 15.2 Å². The molecule has 3 aliphatic rings. The van der Waals surface area contributed by atoms with E-state index in [4.69, 9.17) is 9.84 Å². The molecule has 0 bridgehead atoms. The van der Waals surface area contributed by atoms with Crippen molar-refractivity contribution < 1.29 is 19.4 Å². The summed E-state index contributed by atoms with van der Waals surface area (Å²) in [4.78, 5) is 32.1. The molecule has 2 amide bonds. The number of carbonyl (C=O) groups excluding carboxylic acids is 1. The van der Waals surface area contributed by atoms with E-state index in [1.165, 1.54) is 4.90 Å². The lowest BCUT2D eigenvalue weighted by Gasteiger charge is -2.46. The Morgan fingerprint density at radius 3 is 2.85 bits per heavy atom. The van der Waals surface area contributed by atoms with Crippen molar-refractivity contribution in [3.63, 3.8) is 0 Å². The number of aromatic nitrogens is 1. The number of ether oxygens (including phenoxy) is 1. The fraction of sp³-hybridized carbons (Fsp3) is 0.440. The highest BCUT2D eigenvalue weighted by atomic mass is 16.5. The number of likely N-dealkylation sites (tertiary alicyclic amines) is 1. The van der Waals surface area contributed by atoms with E-state index < -0.39 is 11.5 Å². The van der Waals surface area contributed by atoms with Gasteiger partial charge in [0, 0.05) is 49.0 Å². The van der Waals surface area contributed by atoms with Crippen LogP contribution in [0.5, 0.6) is 0 Å². The van der Waals surface area contributed by atoms with Gasteiger partial charge in [0.05, 0.1) is 31.5 Å². The number of rotatable bonds is 4. The molecule has 2 saturated heterocycles. The van der Waals surface area contributed by atoms with Crippen LogP contribution in [-0.2, 0) is 23.3 Å². The molecule has 2 aromatic rings. The van der Waals surface area contributed by atoms with Gasteiger partial charge in [0.2, 0.25) is 0 Å². The third-order valence-electron chi connectivity index (χ3n) is 7.22. The fourth-order valence-corrected chi connectivity index (χ4v) is 5.24. The van der Waals surface area contributed by atoms with Crippen molar-refractivity contribution in [1.29, 1.82) is 5.26 Å². The molecule has 34 heavy (non-hydrogen) atoms. The zero-order valence-electron chi connectivity index (χ0n) is 19.1. The van der Waals surface area contributed by atoms with Gasteiger partial charge in [0.25, 0.3) is 5.91 Å². The van der Waals surface area contributed by atoms with Gasteiger partial charge in [0.1, 0.15) is 5.41 Å². The van der Waals surface area contributed by atoms with E-state index in [1.807, 2.05) is 25.1 Å². The predicted octanol–water partition coefficient (Wildman–Crippen LogP) is 2.51. The minimum atomic E-state index is -0.851. The van der Waals surface area contributed by atoms with Gasteiger partial charge in [-0.25, -0.2) is 4.79 Å². The van der Waals surface area contributed by atoms with Crippen LogP contribution in [0, 0.1) is 16.7 Å². The molecular formula is C25H27N5O4. The van der Waals surface area contributed by atoms with E-state index in [1.54, 1.807) is 18.3 Å². The van der Waals surface area contributed by atoms with Crippen LogP contribution < -0.4 is 10.2 Å². The molecule has 3 aliphatic heterocycles. The summed E-state index contributed by atoms with van der Waals surface area (Å²) in [7, 11) is 0. The molecule has 176 valence electrons. The van der Waals surface area contributed by atoms with Gasteiger partial charge >= 0.3 is 6.09 Å². The first-order valence-electron chi connectivity index (χ1n) is 11.4. The summed E-state index contributed by atoms with van der Waals surface area (Å²) >= 11 is 0. The summed E-state index contributed by atoms with van der Waals surface area (Å²) in [6, 6.07) is 11.6. The van der Waals surface area contributed by atoms with E-state index in [0.29, 0.717) is 31.9 Å². The molecule has 1 spiro atoms. The zero-order valence-corrected chi connectivity index (χ0v) is 19.1. The van der Waals surface area contributed by atoms with Crippen molar-refractivity contribution in [3.8, 4) is 6.07 Å². The Bertz CT molecular complexity index is 1190. The van der Waals surface area contributed by atoms with Crippen LogP contribution in [0.2, 0.25) is 0 Å². The molecular weight excluding hydrogens is 434 g/mol. The Kier molecular flexibility index (Phi) is 5.41. The summed E-state index contributed by atoms with van der Waals surface area (Å²) in [5.41, 5.74) is 3.34. The molecule has 9 heteroatoms. The monoisotopic (exact) mass is 461 g/mol. The van der Waals surface area contributed by atoms with Gasteiger partial charge in [-0.05, 0) is 48.7 Å². The lowest BCUT2D eigenvalue weighted by molar-refractivity contribution is 0.0252. The molecule has 2 N–H and O–H groups in total. The second kappa shape index (κ2) is 8.29. The van der Waals surface area contributed by atoms with E-state index in [9.17, 15) is 14.9 Å². The number of benzene rings is 1. The normalized spacial score (nSPS) is 22.6. The second-order valence-corrected chi connectivity index (χ2v) is 9.81. The van der Waals surface area contributed by atoms with Crippen LogP contribution in [0.1, 0.15) is 40.5 Å². The van der Waals surface area contributed by atoms with Gasteiger partial charge in [-0.1, -0.05) is 6.07 Å². The standard InChI is InChI=1S/C25H27N5O4/c1-24(12-26)16-34-11-18-3-2-17(8-21(18)24)22(31)28-10-19-9-20(4-6-27-19)29-7-5-25(13-29)14-30(15-25)23(32)33/h2-4,6,8-9H,5,7,10-11,13-16H2,1H3,(H,28,31)(H,32,33)/t24-/m1/s1. The summed E-state index contributed by atoms with van der Waals surface area (Å²) in [6.07, 6.45) is 1.86. The number of carboxylic acid groups (broad SMARTS) is 1. The van der Waals surface area contributed by atoms with Crippen molar-refractivity contribution in [2.75, 3.05) is 37.7 Å². The van der Waals surface area contributed by atoms with Gasteiger partial charge in [-0.15, -0.1) is 0 Å². The van der Waals surface area contributed by atoms with Crippen LogP contribution in [0.3, 0.4) is 0 Å². The molecule has 1 aromatic carbocycles. The van der Waals surface area contributed by atoms with E-state index in [2.05, 4.69) is 21.3 Å². The lowest BCUT2D eigenvalue weighted by Crippen LogP contribution is -2.59. The average molecular weight is 462 g/mol. The Morgan fingerprint density at radius 2 is 2.09 bits per heavy atom. The topological polar surface area (TPSA) is 119 Å². The van der Waals surface area contributed by atoms with Crippen molar-refractivity contribution in [2.24, 2.45) is 5.41 Å². The maximum Gasteiger partial charge on any atom is 0.407 e. The fourth-order valence-electron chi connectivity index (χ4n) is 5.24. The van der Waals surface area contributed by atoms with Crippen molar-refractivity contribution in [2.45, 2.75) is 31.9 Å². The van der Waals surface area contributed by atoms with Crippen LogP contribution in [-0.4, -0.2) is 59.8 Å². The Labute approximate surface area is 197 Å². The third kappa shape index (κ3) is 3.94. The summed E-state index contributed by atoms with van der Waals surface area (Å²) in [5, 5.41) is 21.7. The highest BCUT2D eigenvalue weighted by Crippen LogP contribution is 2.41. The van der Waals surface area contributed by atoms with Crippen LogP contribution in [0.4, 0.5) is 10.5 Å². The smallest absolute Gasteiger partial charge is 0.407 e. The number of nitrogens with one attached hydrogen (secondary N) is 1. The number of anilines is 1. The molecule has 1 atom stereocenters. The molecule has 2 fully saturated rings. The first kappa shape index (κ1) is 22.2. The molecule has 0 unspecified atom stereocenters. The first-order chi connectivity index (χ1) is 16.3. The van der Waals surface area contributed by atoms with Gasteiger partial charge in [-0.3, -0.25) is 9.78 Å². The summed E-state index contributed by atoms with van der Waals surface area (Å²) < 4.78 is 5.54. The molecule has 0 saturated carbocycles. The number of pyridine rings is 1. The second-order valence-electron chi connectivity index (χ2n) is 9.81. The van der Waals surface area contributed by atoms with Crippen molar-refractivity contribution in [3.05, 3.63) is 58.9 Å². The molecule has 0 radical (unpaired) electrons. The molecule has 1 aromatic heterocycles. The maximum absolute atomic E-state index is 12.8. The lowest BCUT2D eigenvalue weighted by atomic mass is 9.79. The average Bonchev–Trinajstić information content (AvgIpc) is 3.28. The Morgan fingerprint density at radius 1 is 1.26 bits per heavy atom. The van der Waals surface area contributed by atoms with Crippen LogP contribution >= 0.6 is 0 Å². The minimum absolute atomic E-state index is 0.0471. The summed E-state index contributed by atoms with van der Waals surface area (Å²) in [6.45, 7) is 5.74. The van der Waals surface area contributed by atoms with Gasteiger partial charge in [0.15, 0.2) is 0 Å². The largest absolute Gasteiger partial charge is 0.465 e. The predicted molar refractivity (Wildman–Crippen MR) is 123 cm³/mol. The summed E-state index contributed by atoms with van der Waals surface area (Å²) in [5.74, 6) is -0.217. The van der Waals surface area contributed by atoms with E-state index >= 15 is 0 Å². The minimum Gasteiger partial charge on any atom is -0.465 e. The highest BCUT2D eigenvalue weighted by Gasteiger charge is 2.49. The zero-order chi connectivity index (χ0) is 23.9. The quantitative estimate of drug-likeness (QED) is 0.718. The van der Waals surface area contributed by atoms with Crippen molar-refractivity contribution >= 4 is 17.7 Å². The molecule has 0 aliphatic carbocycles. The first-order valence-corrected chi connectivity index (χ1v) is 11.4. The molecule has 9 nitrogen and oxygen atoms in total. The van der Waals surface area contributed by atoms with Gasteiger partial charge < -0.3 is 25.0 Å². The highest BCUT2D eigenvalue weighted by molar-refractivity contribution is 5.94. The number of hydrogen-bond donors (Lipinski definition) is 2. The Balaban J connectivity index is 1.23. The third-order valence-corrected chi connectivity index (χ3v) is 7.22. The molecule has 4 heterocycles. The van der Waals surface area contributed by atoms with Crippen LogP contribution in [0.25, 0.3) is 0 Å². The number of nitrogens with zero attached hydrogens (tertiary/aromatic N) is 4.